The van der Waals surface area contributed by atoms with Crippen LogP contribution in [0.25, 0.3) is 0 Å². The van der Waals surface area contributed by atoms with Crippen LogP contribution in [0, 0.1) is 13.8 Å². The smallest absolute Gasteiger partial charge is 0.257 e. The van der Waals surface area contributed by atoms with Crippen LogP contribution in [0.1, 0.15) is 32.1 Å². The summed E-state index contributed by atoms with van der Waals surface area (Å²) in [5.41, 5.74) is 4.06. The zero-order valence-corrected chi connectivity index (χ0v) is 14.0. The zero-order valence-electron chi connectivity index (χ0n) is 13.2. The number of benzene rings is 2. The first-order valence-corrected chi connectivity index (χ1v) is 8.32. The number of nitrogens with one attached hydrogen (secondary N) is 1. The largest absolute Gasteiger partial charge is 0.298 e. The van der Waals surface area contributed by atoms with E-state index in [4.69, 9.17) is 0 Å². The summed E-state index contributed by atoms with van der Waals surface area (Å²) >= 11 is 1.50. The van der Waals surface area contributed by atoms with Gasteiger partial charge in [0.2, 0.25) is 0 Å². The average molecular weight is 322 g/mol. The first-order chi connectivity index (χ1) is 11.1. The minimum Gasteiger partial charge on any atom is -0.298 e. The highest BCUT2D eigenvalue weighted by Gasteiger charge is 2.10. The SMILES string of the molecule is Cc1nc(NC(=O)c2ccc(Cc3ccccc3)cc2)sc1C. The van der Waals surface area contributed by atoms with Gasteiger partial charge in [-0.1, -0.05) is 42.5 Å². The fourth-order valence-electron chi connectivity index (χ4n) is 2.30. The van der Waals surface area contributed by atoms with E-state index in [2.05, 4.69) is 22.4 Å². The molecule has 0 radical (unpaired) electrons. The molecule has 116 valence electrons. The van der Waals surface area contributed by atoms with Gasteiger partial charge in [0, 0.05) is 10.4 Å². The van der Waals surface area contributed by atoms with Crippen LogP contribution in [-0.4, -0.2) is 10.9 Å². The third kappa shape index (κ3) is 3.85. The predicted octanol–water partition coefficient (Wildman–Crippen LogP) is 4.60. The molecule has 1 N–H and O–H groups in total. The van der Waals surface area contributed by atoms with Crippen LogP contribution >= 0.6 is 11.3 Å². The highest BCUT2D eigenvalue weighted by atomic mass is 32.1. The number of carbonyl (C=O) groups is 1. The molecule has 3 nitrogen and oxygen atoms in total. The van der Waals surface area contributed by atoms with Crippen molar-refractivity contribution in [2.45, 2.75) is 20.3 Å². The second-order valence-electron chi connectivity index (χ2n) is 5.47. The Hall–Kier alpha value is -2.46. The Morgan fingerprint density at radius 3 is 2.26 bits per heavy atom. The van der Waals surface area contributed by atoms with Gasteiger partial charge in [-0.25, -0.2) is 4.98 Å². The Bertz CT molecular complexity index is 788. The molecular weight excluding hydrogens is 304 g/mol. The van der Waals surface area contributed by atoms with E-state index in [0.717, 1.165) is 17.0 Å². The molecule has 0 spiro atoms. The Morgan fingerprint density at radius 2 is 1.65 bits per heavy atom. The Labute approximate surface area is 140 Å². The lowest BCUT2D eigenvalue weighted by Gasteiger charge is -2.05. The molecular formula is C19H18N2OS. The number of carbonyl (C=O) groups excluding carboxylic acids is 1. The van der Waals surface area contributed by atoms with Gasteiger partial charge < -0.3 is 0 Å². The molecule has 0 aliphatic carbocycles. The number of hydrogen-bond donors (Lipinski definition) is 1. The highest BCUT2D eigenvalue weighted by Crippen LogP contribution is 2.21. The third-order valence-corrected chi connectivity index (χ3v) is 4.70. The van der Waals surface area contributed by atoms with Crippen molar-refractivity contribution in [3.8, 4) is 0 Å². The number of amides is 1. The summed E-state index contributed by atoms with van der Waals surface area (Å²) in [6, 6.07) is 18.0. The zero-order chi connectivity index (χ0) is 16.2. The Kier molecular flexibility index (Phi) is 4.53. The van der Waals surface area contributed by atoms with E-state index in [-0.39, 0.29) is 5.91 Å². The maximum atomic E-state index is 12.3. The van der Waals surface area contributed by atoms with Crippen LogP contribution in [0.2, 0.25) is 0 Å². The molecule has 4 heteroatoms. The molecule has 1 aromatic heterocycles. The van der Waals surface area contributed by atoms with E-state index in [1.54, 1.807) is 0 Å². The summed E-state index contributed by atoms with van der Waals surface area (Å²) in [7, 11) is 0. The first kappa shape index (κ1) is 15.4. The monoisotopic (exact) mass is 322 g/mol. The molecule has 23 heavy (non-hydrogen) atoms. The van der Waals surface area contributed by atoms with Crippen molar-refractivity contribution in [3.05, 3.63) is 81.9 Å². The van der Waals surface area contributed by atoms with E-state index in [1.165, 1.54) is 22.5 Å². The van der Waals surface area contributed by atoms with Gasteiger partial charge in [-0.05, 0) is 43.5 Å². The number of aromatic nitrogens is 1. The lowest BCUT2D eigenvalue weighted by molar-refractivity contribution is 0.102. The number of nitrogens with zero attached hydrogens (tertiary/aromatic N) is 1. The summed E-state index contributed by atoms with van der Waals surface area (Å²) in [5.74, 6) is -0.120. The van der Waals surface area contributed by atoms with Crippen molar-refractivity contribution in [3.63, 3.8) is 0 Å². The molecule has 2 aromatic carbocycles. The van der Waals surface area contributed by atoms with Crippen LogP contribution in [-0.2, 0) is 6.42 Å². The van der Waals surface area contributed by atoms with Gasteiger partial charge in [-0.3, -0.25) is 10.1 Å². The van der Waals surface area contributed by atoms with Crippen molar-refractivity contribution in [2.24, 2.45) is 0 Å². The van der Waals surface area contributed by atoms with E-state index in [0.29, 0.717) is 10.7 Å². The minimum atomic E-state index is -0.120. The Balaban J connectivity index is 1.67. The van der Waals surface area contributed by atoms with Crippen molar-refractivity contribution in [1.29, 1.82) is 0 Å². The van der Waals surface area contributed by atoms with Crippen molar-refractivity contribution in [2.75, 3.05) is 5.32 Å². The van der Waals surface area contributed by atoms with E-state index < -0.39 is 0 Å². The van der Waals surface area contributed by atoms with E-state index >= 15 is 0 Å². The summed E-state index contributed by atoms with van der Waals surface area (Å²) in [5, 5.41) is 3.51. The molecule has 0 aliphatic rings. The second kappa shape index (κ2) is 6.75. The summed E-state index contributed by atoms with van der Waals surface area (Å²) in [4.78, 5) is 17.7. The van der Waals surface area contributed by atoms with Gasteiger partial charge in [0.15, 0.2) is 5.13 Å². The standard InChI is InChI=1S/C19H18N2OS/c1-13-14(2)23-19(20-13)21-18(22)17-10-8-16(9-11-17)12-15-6-4-3-5-7-15/h3-11H,12H2,1-2H3,(H,20,21,22). The number of aryl methyl sites for hydroxylation is 2. The van der Waals surface area contributed by atoms with Crippen LogP contribution < -0.4 is 5.32 Å². The number of thiazole rings is 1. The molecule has 3 aromatic rings. The molecule has 1 amide bonds. The summed E-state index contributed by atoms with van der Waals surface area (Å²) < 4.78 is 0. The second-order valence-corrected chi connectivity index (χ2v) is 6.68. The molecule has 3 rings (SSSR count). The molecule has 0 saturated carbocycles. The lowest BCUT2D eigenvalue weighted by atomic mass is 10.0. The van der Waals surface area contributed by atoms with E-state index in [1.807, 2.05) is 56.3 Å². The molecule has 0 bridgehead atoms. The van der Waals surface area contributed by atoms with Crippen molar-refractivity contribution >= 4 is 22.4 Å². The number of rotatable bonds is 4. The van der Waals surface area contributed by atoms with Crippen molar-refractivity contribution in [1.82, 2.24) is 4.98 Å². The van der Waals surface area contributed by atoms with E-state index in [9.17, 15) is 4.79 Å². The lowest BCUT2D eigenvalue weighted by Crippen LogP contribution is -2.11. The van der Waals surface area contributed by atoms with Crippen LogP contribution in [0.5, 0.6) is 0 Å². The number of hydrogen-bond acceptors (Lipinski definition) is 3. The maximum Gasteiger partial charge on any atom is 0.257 e. The van der Waals surface area contributed by atoms with Crippen LogP contribution in [0.3, 0.4) is 0 Å². The van der Waals surface area contributed by atoms with Crippen LogP contribution in [0.15, 0.2) is 54.6 Å². The summed E-state index contributed by atoms with van der Waals surface area (Å²) in [6.07, 6.45) is 0.869. The van der Waals surface area contributed by atoms with Gasteiger partial charge in [-0.2, -0.15) is 0 Å². The molecule has 0 fully saturated rings. The summed E-state index contributed by atoms with van der Waals surface area (Å²) in [6.45, 7) is 3.95. The van der Waals surface area contributed by atoms with Gasteiger partial charge in [0.05, 0.1) is 5.69 Å². The molecule has 0 atom stereocenters. The van der Waals surface area contributed by atoms with Gasteiger partial charge in [0.1, 0.15) is 0 Å². The molecule has 1 heterocycles. The quantitative estimate of drug-likeness (QED) is 0.762. The molecule has 0 saturated heterocycles. The first-order valence-electron chi connectivity index (χ1n) is 7.50. The van der Waals surface area contributed by atoms with Crippen molar-refractivity contribution < 1.29 is 4.79 Å². The van der Waals surface area contributed by atoms with Gasteiger partial charge in [0.25, 0.3) is 5.91 Å². The fourth-order valence-corrected chi connectivity index (χ4v) is 3.11. The average Bonchev–Trinajstić information content (AvgIpc) is 2.87. The minimum absolute atomic E-state index is 0.120. The van der Waals surface area contributed by atoms with Gasteiger partial charge in [-0.15, -0.1) is 11.3 Å². The highest BCUT2D eigenvalue weighted by molar-refractivity contribution is 7.15. The molecule has 0 unspecified atom stereocenters. The van der Waals surface area contributed by atoms with Crippen LogP contribution in [0.4, 0.5) is 5.13 Å². The maximum absolute atomic E-state index is 12.3. The third-order valence-electron chi connectivity index (χ3n) is 3.72. The Morgan fingerprint density at radius 1 is 1.00 bits per heavy atom. The molecule has 0 aliphatic heterocycles. The predicted molar refractivity (Wildman–Crippen MR) is 95.2 cm³/mol. The van der Waals surface area contributed by atoms with Gasteiger partial charge >= 0.3 is 0 Å². The topological polar surface area (TPSA) is 42.0 Å². The fraction of sp³-hybridized carbons (Fsp3) is 0.158. The normalized spacial score (nSPS) is 10.5. The number of anilines is 1.